The van der Waals surface area contributed by atoms with Crippen LogP contribution in [0.2, 0.25) is 5.02 Å². The van der Waals surface area contributed by atoms with Gasteiger partial charge in [-0.15, -0.1) is 0 Å². The molecule has 0 fully saturated rings. The van der Waals surface area contributed by atoms with E-state index in [9.17, 15) is 5.11 Å². The first-order valence-electron chi connectivity index (χ1n) is 4.72. The van der Waals surface area contributed by atoms with Gasteiger partial charge in [0, 0.05) is 16.8 Å². The number of pyridine rings is 1. The van der Waals surface area contributed by atoms with Crippen LogP contribution in [0.1, 0.15) is 17.2 Å². The van der Waals surface area contributed by atoms with Gasteiger partial charge >= 0.3 is 0 Å². The zero-order valence-corrected chi connectivity index (χ0v) is 10.6. The molecule has 0 bridgehead atoms. The summed E-state index contributed by atoms with van der Waals surface area (Å²) < 4.78 is 0.641. The first kappa shape index (κ1) is 11.6. The zero-order valence-electron chi connectivity index (χ0n) is 8.27. The summed E-state index contributed by atoms with van der Waals surface area (Å²) in [7, 11) is 0. The molecule has 82 valence electrons. The van der Waals surface area contributed by atoms with E-state index in [4.69, 9.17) is 11.6 Å². The summed E-state index contributed by atoms with van der Waals surface area (Å²) in [5, 5.41) is 10.8. The highest BCUT2D eigenvalue weighted by molar-refractivity contribution is 9.10. The minimum absolute atomic E-state index is 0.608. The number of hydrogen-bond donors (Lipinski definition) is 1. The predicted octanol–water partition coefficient (Wildman–Crippen LogP) is 3.58. The topological polar surface area (TPSA) is 33.1 Å². The van der Waals surface area contributed by atoms with Crippen molar-refractivity contribution in [1.29, 1.82) is 0 Å². The summed E-state index contributed by atoms with van der Waals surface area (Å²) in [6.07, 6.45) is 0.944. The van der Waals surface area contributed by atoms with Gasteiger partial charge in [0.15, 0.2) is 0 Å². The molecule has 2 nitrogen and oxygen atoms in total. The summed E-state index contributed by atoms with van der Waals surface area (Å²) in [5.74, 6) is 0. The van der Waals surface area contributed by atoms with Gasteiger partial charge in [-0.2, -0.15) is 0 Å². The molecule has 1 aromatic heterocycles. The predicted molar refractivity (Wildman–Crippen MR) is 67.5 cm³/mol. The zero-order chi connectivity index (χ0) is 11.5. The molecule has 0 aliphatic rings. The fraction of sp³-hybridized carbons (Fsp3) is 0.0833. The van der Waals surface area contributed by atoms with Crippen LogP contribution in [0.25, 0.3) is 0 Å². The van der Waals surface area contributed by atoms with Crippen molar-refractivity contribution in [2.24, 2.45) is 0 Å². The third-order valence-corrected chi connectivity index (χ3v) is 3.14. The highest BCUT2D eigenvalue weighted by Crippen LogP contribution is 2.27. The lowest BCUT2D eigenvalue weighted by atomic mass is 10.0. The fourth-order valence-electron chi connectivity index (χ4n) is 1.46. The molecule has 0 saturated carbocycles. The van der Waals surface area contributed by atoms with Crippen molar-refractivity contribution < 1.29 is 5.11 Å². The van der Waals surface area contributed by atoms with Crippen LogP contribution in [0, 0.1) is 0 Å². The minimum atomic E-state index is -0.721. The summed E-state index contributed by atoms with van der Waals surface area (Å²) in [6, 6.07) is 10.8. The number of aromatic nitrogens is 1. The highest BCUT2D eigenvalue weighted by Gasteiger charge is 2.13. The molecule has 1 unspecified atom stereocenters. The van der Waals surface area contributed by atoms with Crippen LogP contribution >= 0.6 is 27.5 Å². The van der Waals surface area contributed by atoms with E-state index in [1.807, 2.05) is 18.2 Å². The monoisotopic (exact) mass is 297 g/mol. The average molecular weight is 299 g/mol. The Morgan fingerprint density at radius 1 is 1.25 bits per heavy atom. The molecule has 0 aliphatic heterocycles. The standard InChI is InChI=1S/C12H9BrClNO/c13-12-10(5-2-6-15-12)11(16)8-3-1-4-9(14)7-8/h1-7,11,16H. The molecule has 2 rings (SSSR count). The Kier molecular flexibility index (Phi) is 3.59. The summed E-state index contributed by atoms with van der Waals surface area (Å²) in [4.78, 5) is 4.07. The number of benzene rings is 1. The molecule has 1 heterocycles. The van der Waals surface area contributed by atoms with Gasteiger partial charge in [0.05, 0.1) is 0 Å². The lowest BCUT2D eigenvalue weighted by Gasteiger charge is -2.12. The van der Waals surface area contributed by atoms with Gasteiger partial charge in [-0.1, -0.05) is 29.8 Å². The molecule has 4 heteroatoms. The molecule has 0 radical (unpaired) electrons. The van der Waals surface area contributed by atoms with Crippen molar-refractivity contribution in [2.45, 2.75) is 6.10 Å². The maximum Gasteiger partial charge on any atom is 0.112 e. The van der Waals surface area contributed by atoms with Crippen LogP contribution in [0.15, 0.2) is 47.2 Å². The van der Waals surface area contributed by atoms with Gasteiger partial charge in [0.25, 0.3) is 0 Å². The van der Waals surface area contributed by atoms with E-state index in [1.54, 1.807) is 24.4 Å². The van der Waals surface area contributed by atoms with Crippen LogP contribution in [0.3, 0.4) is 0 Å². The maximum atomic E-state index is 10.2. The first-order chi connectivity index (χ1) is 7.68. The molecule has 0 saturated heterocycles. The van der Waals surface area contributed by atoms with E-state index in [0.717, 1.165) is 11.1 Å². The van der Waals surface area contributed by atoms with E-state index < -0.39 is 6.10 Å². The molecule has 1 atom stereocenters. The average Bonchev–Trinajstić information content (AvgIpc) is 2.29. The van der Waals surface area contributed by atoms with Gasteiger partial charge in [-0.3, -0.25) is 0 Å². The molecule has 16 heavy (non-hydrogen) atoms. The van der Waals surface area contributed by atoms with E-state index >= 15 is 0 Å². The molecular formula is C12H9BrClNO. The number of nitrogens with zero attached hydrogens (tertiary/aromatic N) is 1. The van der Waals surface area contributed by atoms with Crippen molar-refractivity contribution >= 4 is 27.5 Å². The molecule has 0 spiro atoms. The highest BCUT2D eigenvalue weighted by atomic mass is 79.9. The van der Waals surface area contributed by atoms with E-state index in [1.165, 1.54) is 0 Å². The lowest BCUT2D eigenvalue weighted by Crippen LogP contribution is -2.01. The summed E-state index contributed by atoms with van der Waals surface area (Å²) >= 11 is 9.19. The fourth-order valence-corrected chi connectivity index (χ4v) is 2.12. The van der Waals surface area contributed by atoms with Crippen LogP contribution in [-0.2, 0) is 0 Å². The van der Waals surface area contributed by atoms with Gasteiger partial charge in [-0.05, 0) is 39.7 Å². The summed E-state index contributed by atoms with van der Waals surface area (Å²) in [5.41, 5.74) is 1.48. The van der Waals surface area contributed by atoms with Gasteiger partial charge in [-0.25, -0.2) is 4.98 Å². The Morgan fingerprint density at radius 3 is 2.75 bits per heavy atom. The first-order valence-corrected chi connectivity index (χ1v) is 5.89. The van der Waals surface area contributed by atoms with Crippen molar-refractivity contribution in [3.8, 4) is 0 Å². The van der Waals surface area contributed by atoms with Gasteiger partial charge in [0.2, 0.25) is 0 Å². The number of aliphatic hydroxyl groups is 1. The third kappa shape index (κ3) is 2.43. The van der Waals surface area contributed by atoms with Gasteiger partial charge in [0.1, 0.15) is 10.7 Å². The Bertz CT molecular complexity index is 504. The quantitative estimate of drug-likeness (QED) is 0.860. The third-order valence-electron chi connectivity index (χ3n) is 2.25. The van der Waals surface area contributed by atoms with Crippen molar-refractivity contribution in [3.05, 3.63) is 63.3 Å². The smallest absolute Gasteiger partial charge is 0.112 e. The largest absolute Gasteiger partial charge is 0.384 e. The number of rotatable bonds is 2. The Morgan fingerprint density at radius 2 is 2.06 bits per heavy atom. The maximum absolute atomic E-state index is 10.2. The number of aliphatic hydroxyl groups excluding tert-OH is 1. The molecule has 0 amide bonds. The van der Waals surface area contributed by atoms with Crippen molar-refractivity contribution in [2.75, 3.05) is 0 Å². The summed E-state index contributed by atoms with van der Waals surface area (Å²) in [6.45, 7) is 0. The normalized spacial score (nSPS) is 12.4. The lowest BCUT2D eigenvalue weighted by molar-refractivity contribution is 0.219. The molecule has 0 aliphatic carbocycles. The minimum Gasteiger partial charge on any atom is -0.384 e. The van der Waals surface area contributed by atoms with Crippen LogP contribution in [0.5, 0.6) is 0 Å². The molecule has 2 aromatic rings. The van der Waals surface area contributed by atoms with E-state index in [2.05, 4.69) is 20.9 Å². The van der Waals surface area contributed by atoms with Crippen molar-refractivity contribution in [3.63, 3.8) is 0 Å². The van der Waals surface area contributed by atoms with Crippen LogP contribution in [0.4, 0.5) is 0 Å². The number of hydrogen-bond acceptors (Lipinski definition) is 2. The Balaban J connectivity index is 2.39. The SMILES string of the molecule is OC(c1cccc(Cl)c1)c1cccnc1Br. The second-order valence-electron chi connectivity index (χ2n) is 3.34. The molecule has 1 N–H and O–H groups in total. The molecule has 1 aromatic carbocycles. The van der Waals surface area contributed by atoms with Gasteiger partial charge < -0.3 is 5.11 Å². The Hall–Kier alpha value is -0.900. The van der Waals surface area contributed by atoms with Crippen LogP contribution in [-0.4, -0.2) is 10.1 Å². The Labute approximate surface area is 107 Å². The van der Waals surface area contributed by atoms with Crippen molar-refractivity contribution in [1.82, 2.24) is 4.98 Å². The van der Waals surface area contributed by atoms with Crippen LogP contribution < -0.4 is 0 Å². The van der Waals surface area contributed by atoms with E-state index in [0.29, 0.717) is 9.63 Å². The molecular weight excluding hydrogens is 289 g/mol. The second-order valence-corrected chi connectivity index (χ2v) is 4.53. The van der Waals surface area contributed by atoms with E-state index in [-0.39, 0.29) is 0 Å². The second kappa shape index (κ2) is 4.95. The number of halogens is 2.